The zero-order chi connectivity index (χ0) is 11.4. The van der Waals surface area contributed by atoms with Crippen LogP contribution < -0.4 is 29.6 Å². The summed E-state index contributed by atoms with van der Waals surface area (Å²) in [6.45, 7) is 10.3. The third-order valence-electron chi connectivity index (χ3n) is 1.97. The largest absolute Gasteiger partial charge is 1.00 e. The summed E-state index contributed by atoms with van der Waals surface area (Å²) in [4.78, 5) is 10.2. The van der Waals surface area contributed by atoms with E-state index < -0.39 is 0 Å². The van der Waals surface area contributed by atoms with Crippen molar-refractivity contribution in [3.8, 4) is 0 Å². The molecule has 0 aromatic heterocycles. The van der Waals surface area contributed by atoms with Crippen LogP contribution in [-0.2, 0) is 0 Å². The van der Waals surface area contributed by atoms with E-state index in [9.17, 15) is 10.1 Å². The molecule has 0 spiro atoms. The van der Waals surface area contributed by atoms with E-state index in [1.807, 2.05) is 20.8 Å². The van der Waals surface area contributed by atoms with Gasteiger partial charge in [-0.3, -0.25) is 5.28 Å². The van der Waals surface area contributed by atoms with E-state index in [0.29, 0.717) is 12.5 Å². The smallest absolute Gasteiger partial charge is 0.724 e. The van der Waals surface area contributed by atoms with Gasteiger partial charge in [0.15, 0.2) is 0 Å². The first kappa shape index (κ1) is 17.7. The molecule has 0 fully saturated rings. The zero-order valence-electron chi connectivity index (χ0n) is 10.6. The molecule has 0 saturated carbocycles. The Labute approximate surface area is 114 Å². The molecule has 0 unspecified atom stereocenters. The van der Waals surface area contributed by atoms with Gasteiger partial charge in [0, 0.05) is 12.1 Å². The molecular formula is C9H20N3NaO2. The number of hydrogen-bond donors (Lipinski definition) is 0. The van der Waals surface area contributed by atoms with Crippen LogP contribution in [0.5, 0.6) is 0 Å². The van der Waals surface area contributed by atoms with Crippen molar-refractivity contribution in [3.05, 3.63) is 10.1 Å². The number of rotatable bonds is 5. The summed E-state index contributed by atoms with van der Waals surface area (Å²) in [6.07, 6.45) is 0.867. The molecule has 0 amide bonds. The van der Waals surface area contributed by atoms with E-state index in [4.69, 9.17) is 0 Å². The molecule has 0 bridgehead atoms. The van der Waals surface area contributed by atoms with E-state index in [1.54, 1.807) is 0 Å². The zero-order valence-corrected chi connectivity index (χ0v) is 12.6. The molecule has 0 aliphatic rings. The first-order valence-electron chi connectivity index (χ1n) is 4.87. The Morgan fingerprint density at radius 2 is 1.80 bits per heavy atom. The van der Waals surface area contributed by atoms with Crippen LogP contribution in [0.15, 0.2) is 5.29 Å². The summed E-state index contributed by atoms with van der Waals surface area (Å²) in [6, 6.07) is 0. The molecule has 84 valence electrons. The maximum Gasteiger partial charge on any atom is 1.00 e. The summed E-state index contributed by atoms with van der Waals surface area (Å²) < 4.78 is 0. The minimum absolute atomic E-state index is 0. The predicted octanol–water partition coefficient (Wildman–Crippen LogP) is -0.467. The molecule has 5 nitrogen and oxygen atoms in total. The summed E-state index contributed by atoms with van der Waals surface area (Å²) in [5.41, 5.74) is -0.370. The van der Waals surface area contributed by atoms with Gasteiger partial charge in [-0.05, 0) is 33.1 Å². The van der Waals surface area contributed by atoms with E-state index in [-0.39, 0.29) is 40.4 Å². The van der Waals surface area contributed by atoms with Crippen LogP contribution in [0.4, 0.5) is 0 Å². The maximum absolute atomic E-state index is 11.1. The van der Waals surface area contributed by atoms with Crippen LogP contribution in [0.25, 0.3) is 0 Å². The van der Waals surface area contributed by atoms with Gasteiger partial charge in [-0.2, -0.15) is 0 Å². The summed E-state index contributed by atoms with van der Waals surface area (Å²) in [5, 5.41) is 15.1. The summed E-state index contributed by atoms with van der Waals surface area (Å²) in [7, 11) is 0. The van der Waals surface area contributed by atoms with Gasteiger partial charge >= 0.3 is 29.6 Å². The Kier molecular flexibility index (Phi) is 8.94. The predicted molar refractivity (Wildman–Crippen MR) is 56.9 cm³/mol. The number of hydrogen-bond acceptors (Lipinski definition) is 4. The van der Waals surface area contributed by atoms with Gasteiger partial charge in [-0.15, -0.1) is 4.91 Å². The fraction of sp³-hybridized carbons (Fsp3) is 1.00. The molecular weight excluding hydrogens is 205 g/mol. The fourth-order valence-electron chi connectivity index (χ4n) is 1.10. The van der Waals surface area contributed by atoms with Crippen LogP contribution in [0.1, 0.15) is 41.0 Å². The average molecular weight is 225 g/mol. The molecule has 0 saturated heterocycles. The Morgan fingerprint density at radius 1 is 1.33 bits per heavy atom. The maximum atomic E-state index is 11.1. The third kappa shape index (κ3) is 7.25. The molecule has 0 radical (unpaired) electrons. The molecule has 0 aromatic rings. The van der Waals surface area contributed by atoms with Crippen molar-refractivity contribution in [2.75, 3.05) is 6.54 Å². The van der Waals surface area contributed by atoms with E-state index in [1.165, 1.54) is 5.01 Å². The van der Waals surface area contributed by atoms with Crippen molar-refractivity contribution in [2.45, 2.75) is 46.6 Å². The van der Waals surface area contributed by atoms with Crippen LogP contribution in [0, 0.1) is 16.0 Å². The van der Waals surface area contributed by atoms with Gasteiger partial charge in [0.05, 0.1) is 5.29 Å². The number of nitrogens with zero attached hydrogens (tertiary/aromatic N) is 3. The van der Waals surface area contributed by atoms with Crippen molar-refractivity contribution in [2.24, 2.45) is 11.2 Å². The van der Waals surface area contributed by atoms with Gasteiger partial charge < -0.3 is 5.21 Å². The van der Waals surface area contributed by atoms with Crippen molar-refractivity contribution in [1.29, 1.82) is 0 Å². The molecule has 0 N–H and O–H groups in total. The number of nitroso groups, excluding NO2 is 1. The van der Waals surface area contributed by atoms with Crippen molar-refractivity contribution in [3.63, 3.8) is 0 Å². The molecule has 0 heterocycles. The Hall–Kier alpha value is 0.320. The van der Waals surface area contributed by atoms with Crippen LogP contribution >= 0.6 is 0 Å². The second kappa shape index (κ2) is 7.57. The van der Waals surface area contributed by atoms with E-state index in [2.05, 4.69) is 19.1 Å². The monoisotopic (exact) mass is 225 g/mol. The normalized spacial score (nSPS) is 11.5. The minimum atomic E-state index is -0.370. The average Bonchev–Trinajstić information content (AvgIpc) is 2.01. The van der Waals surface area contributed by atoms with E-state index in [0.717, 1.165) is 6.42 Å². The molecule has 0 rings (SSSR count). The molecule has 0 aliphatic heterocycles. The van der Waals surface area contributed by atoms with Crippen LogP contribution in [0.2, 0.25) is 0 Å². The van der Waals surface area contributed by atoms with Gasteiger partial charge in [-0.25, -0.2) is 5.01 Å². The Balaban J connectivity index is 0. The molecule has 15 heavy (non-hydrogen) atoms. The first-order valence-corrected chi connectivity index (χ1v) is 4.87. The first-order chi connectivity index (χ1) is 6.29. The van der Waals surface area contributed by atoms with E-state index >= 15 is 0 Å². The SMILES string of the molecule is CC(C)CCN(N([O-])N=O)C(C)(C)C.[Na+]. The Morgan fingerprint density at radius 3 is 2.07 bits per heavy atom. The standard InChI is InChI=1S/C9H20N3O2.Na/c1-8(2)6-7-11(9(3,4)5)12(14)10-13;/h8H,6-7H2,1-5H3;/q-1;+1. The van der Waals surface area contributed by atoms with Crippen molar-refractivity contribution >= 4 is 0 Å². The van der Waals surface area contributed by atoms with Gasteiger partial charge in [0.2, 0.25) is 0 Å². The second-order valence-corrected chi connectivity index (χ2v) is 4.81. The molecule has 0 aliphatic carbocycles. The van der Waals surface area contributed by atoms with Crippen molar-refractivity contribution in [1.82, 2.24) is 10.3 Å². The number of hydrazine groups is 1. The second-order valence-electron chi connectivity index (χ2n) is 4.81. The topological polar surface area (TPSA) is 59.0 Å². The summed E-state index contributed by atoms with van der Waals surface area (Å²) >= 11 is 0. The molecule has 0 aromatic carbocycles. The molecule has 6 heteroatoms. The van der Waals surface area contributed by atoms with Crippen LogP contribution in [0.3, 0.4) is 0 Å². The van der Waals surface area contributed by atoms with Gasteiger partial charge in [0.1, 0.15) is 0 Å². The van der Waals surface area contributed by atoms with Gasteiger partial charge in [-0.1, -0.05) is 13.8 Å². The van der Waals surface area contributed by atoms with Crippen LogP contribution in [-0.4, -0.2) is 22.4 Å². The third-order valence-corrected chi connectivity index (χ3v) is 1.97. The minimum Gasteiger partial charge on any atom is -0.724 e. The Bertz CT molecular complexity index is 183. The molecule has 0 atom stereocenters. The quantitative estimate of drug-likeness (QED) is 0.361. The van der Waals surface area contributed by atoms with Crippen molar-refractivity contribution < 1.29 is 29.6 Å². The summed E-state index contributed by atoms with van der Waals surface area (Å²) in [5.74, 6) is 0.500. The van der Waals surface area contributed by atoms with Gasteiger partial charge in [0.25, 0.3) is 0 Å². The fourth-order valence-corrected chi connectivity index (χ4v) is 1.10.